The van der Waals surface area contributed by atoms with Crippen molar-refractivity contribution in [3.63, 3.8) is 0 Å². The van der Waals surface area contributed by atoms with E-state index in [0.717, 1.165) is 71.9 Å². The summed E-state index contributed by atoms with van der Waals surface area (Å²) < 4.78 is 6.71. The predicted octanol–water partition coefficient (Wildman–Crippen LogP) is 5.28. The van der Waals surface area contributed by atoms with Gasteiger partial charge >= 0.3 is 0 Å². The molecule has 1 aliphatic heterocycles. The number of hydrogen-bond donors (Lipinski definition) is 3. The van der Waals surface area contributed by atoms with Crippen LogP contribution < -0.4 is 9.64 Å². The molecule has 1 saturated heterocycles. The number of piperazine rings is 1. The number of para-hydroxylation sites is 2. The highest BCUT2D eigenvalue weighted by molar-refractivity contribution is 7.71. The molecule has 6 rings (SSSR count). The zero-order valence-electron chi connectivity index (χ0n) is 19.7. The standard InChI is InChI=1S/C27H28N6OS/c1-18-6-2-3-7-19(18)26-28-20-8-4-10-22(24(20)30-26)33-14-12-32(13-15-33)16-17-34-23-11-5-9-21-25(23)31-27(35)29-21/h2-11H,12-17H2,1H3,(H,28,30)(H2,29,31,35). The van der Waals surface area contributed by atoms with Gasteiger partial charge in [-0.05, 0) is 49.0 Å². The Bertz CT molecular complexity index is 1540. The Morgan fingerprint density at radius 1 is 0.886 bits per heavy atom. The van der Waals surface area contributed by atoms with Gasteiger partial charge in [-0.15, -0.1) is 0 Å². The van der Waals surface area contributed by atoms with Crippen molar-refractivity contribution in [2.45, 2.75) is 6.92 Å². The first kappa shape index (κ1) is 21.9. The number of nitrogens with zero attached hydrogens (tertiary/aromatic N) is 3. The Hall–Kier alpha value is -3.62. The van der Waals surface area contributed by atoms with Crippen LogP contribution >= 0.6 is 12.2 Å². The normalized spacial score (nSPS) is 14.7. The van der Waals surface area contributed by atoms with Crippen LogP contribution in [0, 0.1) is 11.7 Å². The third kappa shape index (κ3) is 4.31. The molecule has 1 fully saturated rings. The summed E-state index contributed by atoms with van der Waals surface area (Å²) in [4.78, 5) is 19.7. The van der Waals surface area contributed by atoms with Crippen LogP contribution in [0.25, 0.3) is 33.5 Å². The van der Waals surface area contributed by atoms with E-state index in [1.54, 1.807) is 0 Å². The molecule has 0 spiro atoms. The van der Waals surface area contributed by atoms with Crippen molar-refractivity contribution < 1.29 is 4.74 Å². The maximum absolute atomic E-state index is 6.09. The Labute approximate surface area is 208 Å². The minimum absolute atomic E-state index is 0.616. The molecule has 0 atom stereocenters. The van der Waals surface area contributed by atoms with Crippen LogP contribution in [-0.2, 0) is 0 Å². The first-order chi connectivity index (χ1) is 17.2. The number of fused-ring (bicyclic) bond motifs is 2. The van der Waals surface area contributed by atoms with Crippen molar-refractivity contribution in [1.82, 2.24) is 24.8 Å². The van der Waals surface area contributed by atoms with Crippen molar-refractivity contribution >= 4 is 40.0 Å². The van der Waals surface area contributed by atoms with Gasteiger partial charge in [-0.1, -0.05) is 36.4 Å². The van der Waals surface area contributed by atoms with E-state index in [1.165, 1.54) is 11.3 Å². The first-order valence-electron chi connectivity index (χ1n) is 12.0. The zero-order valence-corrected chi connectivity index (χ0v) is 20.5. The van der Waals surface area contributed by atoms with Gasteiger partial charge in [0.05, 0.1) is 16.7 Å². The summed E-state index contributed by atoms with van der Waals surface area (Å²) in [7, 11) is 0. The van der Waals surface area contributed by atoms with Gasteiger partial charge in [0.15, 0.2) is 4.77 Å². The minimum atomic E-state index is 0.616. The van der Waals surface area contributed by atoms with Gasteiger partial charge in [0.25, 0.3) is 0 Å². The third-order valence-corrected chi connectivity index (χ3v) is 6.99. The van der Waals surface area contributed by atoms with Crippen molar-refractivity contribution in [2.24, 2.45) is 0 Å². The van der Waals surface area contributed by atoms with Crippen molar-refractivity contribution in [2.75, 3.05) is 44.2 Å². The lowest BCUT2D eigenvalue weighted by Crippen LogP contribution is -2.47. The molecular formula is C27H28N6OS. The van der Waals surface area contributed by atoms with Crippen LogP contribution in [0.3, 0.4) is 0 Å². The average Bonchev–Trinajstić information content (AvgIpc) is 3.48. The molecule has 0 radical (unpaired) electrons. The van der Waals surface area contributed by atoms with E-state index < -0.39 is 0 Å². The van der Waals surface area contributed by atoms with Crippen LogP contribution in [0.4, 0.5) is 5.69 Å². The molecule has 0 unspecified atom stereocenters. The largest absolute Gasteiger partial charge is 0.490 e. The number of benzene rings is 3. The Balaban J connectivity index is 1.11. The van der Waals surface area contributed by atoms with E-state index in [1.807, 2.05) is 18.2 Å². The average molecular weight is 485 g/mol. The van der Waals surface area contributed by atoms with E-state index in [9.17, 15) is 0 Å². The number of rotatable bonds is 6. The maximum atomic E-state index is 6.09. The number of aromatic nitrogens is 4. The Morgan fingerprint density at radius 2 is 1.69 bits per heavy atom. The van der Waals surface area contributed by atoms with Crippen molar-refractivity contribution in [3.05, 3.63) is 71.0 Å². The fraction of sp³-hybridized carbons (Fsp3) is 0.259. The molecule has 0 aliphatic carbocycles. The summed E-state index contributed by atoms with van der Waals surface area (Å²) in [6.07, 6.45) is 0. The lowest BCUT2D eigenvalue weighted by atomic mass is 10.1. The number of nitrogens with one attached hydrogen (secondary N) is 3. The topological polar surface area (TPSA) is 76.0 Å². The van der Waals surface area contributed by atoms with Gasteiger partial charge in [0, 0.05) is 38.3 Å². The number of hydrogen-bond acceptors (Lipinski definition) is 5. The first-order valence-corrected chi connectivity index (χ1v) is 12.4. The molecule has 5 aromatic rings. The van der Waals surface area contributed by atoms with Gasteiger partial charge < -0.3 is 24.6 Å². The van der Waals surface area contributed by atoms with Crippen molar-refractivity contribution in [3.8, 4) is 17.1 Å². The highest BCUT2D eigenvalue weighted by atomic mass is 32.1. The predicted molar refractivity (Wildman–Crippen MR) is 144 cm³/mol. The molecule has 3 N–H and O–H groups in total. The van der Waals surface area contributed by atoms with Gasteiger partial charge in [0.1, 0.15) is 29.2 Å². The van der Waals surface area contributed by atoms with E-state index >= 15 is 0 Å². The lowest BCUT2D eigenvalue weighted by Gasteiger charge is -2.36. The molecule has 1 aliphatic rings. The Kier molecular flexibility index (Phi) is 5.75. The highest BCUT2D eigenvalue weighted by Gasteiger charge is 2.20. The second-order valence-electron chi connectivity index (χ2n) is 9.01. The molecule has 2 aromatic heterocycles. The molecular weight excluding hydrogens is 456 g/mol. The maximum Gasteiger partial charge on any atom is 0.175 e. The summed E-state index contributed by atoms with van der Waals surface area (Å²) in [6, 6.07) is 20.7. The van der Waals surface area contributed by atoms with E-state index in [0.29, 0.717) is 11.4 Å². The van der Waals surface area contributed by atoms with Crippen LogP contribution in [0.15, 0.2) is 60.7 Å². The third-order valence-electron chi connectivity index (χ3n) is 6.78. The van der Waals surface area contributed by atoms with E-state index in [4.69, 9.17) is 21.9 Å². The summed E-state index contributed by atoms with van der Waals surface area (Å²) in [5.74, 6) is 1.77. The smallest absolute Gasteiger partial charge is 0.175 e. The second-order valence-corrected chi connectivity index (χ2v) is 9.42. The zero-order chi connectivity index (χ0) is 23.8. The van der Waals surface area contributed by atoms with Gasteiger partial charge in [0.2, 0.25) is 0 Å². The summed E-state index contributed by atoms with van der Waals surface area (Å²) in [6.45, 7) is 7.56. The quantitative estimate of drug-likeness (QED) is 0.286. The van der Waals surface area contributed by atoms with E-state index in [2.05, 4.69) is 74.1 Å². The van der Waals surface area contributed by atoms with Gasteiger partial charge in [-0.3, -0.25) is 4.90 Å². The molecule has 0 saturated carbocycles. The van der Waals surface area contributed by atoms with Crippen LogP contribution in [0.5, 0.6) is 5.75 Å². The number of imidazole rings is 2. The van der Waals surface area contributed by atoms with Gasteiger partial charge in [-0.2, -0.15) is 0 Å². The summed E-state index contributed by atoms with van der Waals surface area (Å²) >= 11 is 5.21. The monoisotopic (exact) mass is 484 g/mol. The molecule has 3 aromatic carbocycles. The minimum Gasteiger partial charge on any atom is -0.490 e. The highest BCUT2D eigenvalue weighted by Crippen LogP contribution is 2.30. The molecule has 178 valence electrons. The number of H-pyrrole nitrogens is 3. The SMILES string of the molecule is Cc1ccccc1-c1nc2c(N3CCN(CCOc4cccc5[nH]c(=S)[nH]c45)CC3)cccc2[nH]1. The molecule has 7 nitrogen and oxygen atoms in total. The fourth-order valence-corrected chi connectivity index (χ4v) is 5.10. The van der Waals surface area contributed by atoms with Crippen LogP contribution in [0.2, 0.25) is 0 Å². The van der Waals surface area contributed by atoms with Crippen LogP contribution in [0.1, 0.15) is 5.56 Å². The molecule has 0 bridgehead atoms. The molecule has 3 heterocycles. The molecule has 0 amide bonds. The summed E-state index contributed by atoms with van der Waals surface area (Å²) in [5, 5.41) is 0. The number of aryl methyl sites for hydroxylation is 1. The van der Waals surface area contributed by atoms with Gasteiger partial charge in [-0.25, -0.2) is 4.98 Å². The fourth-order valence-electron chi connectivity index (χ4n) is 4.89. The van der Waals surface area contributed by atoms with Crippen molar-refractivity contribution in [1.29, 1.82) is 0 Å². The second kappa shape index (κ2) is 9.20. The number of ether oxygens (including phenoxy) is 1. The molecule has 8 heteroatoms. The lowest BCUT2D eigenvalue weighted by molar-refractivity contribution is 0.201. The Morgan fingerprint density at radius 3 is 2.54 bits per heavy atom. The summed E-state index contributed by atoms with van der Waals surface area (Å²) in [5.41, 5.74) is 7.59. The number of aromatic amines is 3. The van der Waals surface area contributed by atoms with E-state index in [-0.39, 0.29) is 0 Å². The number of anilines is 1. The molecule has 35 heavy (non-hydrogen) atoms. The van der Waals surface area contributed by atoms with Crippen LogP contribution in [-0.4, -0.2) is 64.2 Å².